The van der Waals surface area contributed by atoms with Gasteiger partial charge in [-0.05, 0) is 37.0 Å². The van der Waals surface area contributed by atoms with Crippen LogP contribution in [0.25, 0.3) is 0 Å². The molecule has 0 saturated heterocycles. The molecule has 0 spiro atoms. The Bertz CT molecular complexity index is 639. The van der Waals surface area contributed by atoms with Gasteiger partial charge in [-0.3, -0.25) is 9.59 Å². The molecule has 1 atom stereocenters. The minimum Gasteiger partial charge on any atom is -0.448 e. The SMILES string of the molecule is CC(C)(C)C1CCC(OCC2Oc3nc(=O)ccn3C2=O)CC1. The van der Waals surface area contributed by atoms with E-state index in [0.717, 1.165) is 31.6 Å². The molecule has 6 nitrogen and oxygen atoms in total. The van der Waals surface area contributed by atoms with Crippen LogP contribution in [0.2, 0.25) is 0 Å². The van der Waals surface area contributed by atoms with Gasteiger partial charge in [0.15, 0.2) is 0 Å². The van der Waals surface area contributed by atoms with Gasteiger partial charge in [-0.15, -0.1) is 0 Å². The minimum atomic E-state index is -0.704. The molecular formula is C17H24N2O4. The molecular weight excluding hydrogens is 296 g/mol. The Morgan fingerprint density at radius 2 is 1.96 bits per heavy atom. The first-order chi connectivity index (χ1) is 10.8. The number of carbonyl (C=O) groups is 1. The predicted molar refractivity (Wildman–Crippen MR) is 84.7 cm³/mol. The van der Waals surface area contributed by atoms with Gasteiger partial charge in [0, 0.05) is 12.3 Å². The molecule has 1 aliphatic heterocycles. The summed E-state index contributed by atoms with van der Waals surface area (Å²) < 4.78 is 12.6. The first-order valence-electron chi connectivity index (χ1n) is 8.27. The molecule has 0 N–H and O–H groups in total. The molecule has 3 rings (SSSR count). The van der Waals surface area contributed by atoms with Crippen LogP contribution < -0.4 is 10.3 Å². The monoisotopic (exact) mass is 320 g/mol. The Labute approximate surface area is 135 Å². The number of ether oxygens (including phenoxy) is 2. The Hall–Kier alpha value is -1.69. The Kier molecular flexibility index (Phi) is 4.27. The van der Waals surface area contributed by atoms with E-state index in [1.165, 1.54) is 16.8 Å². The fraction of sp³-hybridized carbons (Fsp3) is 0.706. The fourth-order valence-corrected chi connectivity index (χ4v) is 3.40. The molecule has 0 bridgehead atoms. The number of aromatic nitrogens is 2. The molecule has 6 heteroatoms. The highest BCUT2D eigenvalue weighted by molar-refractivity contribution is 5.86. The summed E-state index contributed by atoms with van der Waals surface area (Å²) in [7, 11) is 0. The van der Waals surface area contributed by atoms with Gasteiger partial charge in [0.2, 0.25) is 6.10 Å². The first-order valence-corrected chi connectivity index (χ1v) is 8.27. The van der Waals surface area contributed by atoms with Gasteiger partial charge in [-0.2, -0.15) is 4.98 Å². The van der Waals surface area contributed by atoms with Crippen LogP contribution in [0.3, 0.4) is 0 Å². The molecule has 1 aromatic rings. The lowest BCUT2D eigenvalue weighted by Gasteiger charge is -2.36. The van der Waals surface area contributed by atoms with Crippen LogP contribution >= 0.6 is 0 Å². The van der Waals surface area contributed by atoms with Gasteiger partial charge in [0.05, 0.1) is 12.7 Å². The Balaban J connectivity index is 1.51. The Morgan fingerprint density at radius 3 is 2.61 bits per heavy atom. The average molecular weight is 320 g/mol. The van der Waals surface area contributed by atoms with Gasteiger partial charge >= 0.3 is 6.01 Å². The zero-order chi connectivity index (χ0) is 16.6. The highest BCUT2D eigenvalue weighted by Gasteiger charge is 2.35. The third-order valence-electron chi connectivity index (χ3n) is 4.92. The maximum Gasteiger partial charge on any atom is 0.307 e. The van der Waals surface area contributed by atoms with Crippen molar-refractivity contribution in [2.24, 2.45) is 11.3 Å². The van der Waals surface area contributed by atoms with Crippen molar-refractivity contribution in [1.29, 1.82) is 0 Å². The van der Waals surface area contributed by atoms with E-state index >= 15 is 0 Å². The maximum absolute atomic E-state index is 12.2. The summed E-state index contributed by atoms with van der Waals surface area (Å²) in [6.45, 7) is 7.07. The lowest BCUT2D eigenvalue weighted by atomic mass is 9.72. The maximum atomic E-state index is 12.2. The third kappa shape index (κ3) is 3.47. The van der Waals surface area contributed by atoms with E-state index in [-0.39, 0.29) is 24.6 Å². The van der Waals surface area contributed by atoms with Crippen molar-refractivity contribution in [3.8, 4) is 6.01 Å². The molecule has 0 amide bonds. The van der Waals surface area contributed by atoms with Crippen molar-refractivity contribution >= 4 is 5.91 Å². The standard InChI is InChI=1S/C17H24N2O4/c1-17(2,3)11-4-6-12(7-5-11)22-10-13-15(21)19-9-8-14(20)18-16(19)23-13/h8-9,11-13H,4-7,10H2,1-3H3. The van der Waals surface area contributed by atoms with Gasteiger partial charge < -0.3 is 9.47 Å². The van der Waals surface area contributed by atoms with E-state index in [1.54, 1.807) is 0 Å². The second kappa shape index (κ2) is 6.07. The van der Waals surface area contributed by atoms with Crippen LogP contribution in [-0.4, -0.2) is 34.3 Å². The Morgan fingerprint density at radius 1 is 1.26 bits per heavy atom. The molecule has 2 aliphatic rings. The number of fused-ring (bicyclic) bond motifs is 1. The van der Waals surface area contributed by atoms with E-state index in [2.05, 4.69) is 25.8 Å². The largest absolute Gasteiger partial charge is 0.448 e. The van der Waals surface area contributed by atoms with Crippen LogP contribution in [0.4, 0.5) is 0 Å². The van der Waals surface area contributed by atoms with E-state index in [9.17, 15) is 9.59 Å². The lowest BCUT2D eigenvalue weighted by Crippen LogP contribution is -2.34. The molecule has 2 heterocycles. The topological polar surface area (TPSA) is 70.4 Å². The number of hydrogen-bond acceptors (Lipinski definition) is 5. The van der Waals surface area contributed by atoms with Gasteiger partial charge in [-0.25, -0.2) is 4.57 Å². The van der Waals surface area contributed by atoms with Crippen molar-refractivity contribution in [2.45, 2.75) is 58.7 Å². The molecule has 1 aromatic heterocycles. The number of nitrogens with zero attached hydrogens (tertiary/aromatic N) is 2. The highest BCUT2D eigenvalue weighted by Crippen LogP contribution is 2.38. The van der Waals surface area contributed by atoms with Crippen LogP contribution in [0.1, 0.15) is 51.2 Å². The average Bonchev–Trinajstić information content (AvgIpc) is 2.80. The van der Waals surface area contributed by atoms with Crippen molar-refractivity contribution in [3.05, 3.63) is 22.6 Å². The van der Waals surface area contributed by atoms with Crippen molar-refractivity contribution < 1.29 is 14.3 Å². The van der Waals surface area contributed by atoms with Crippen LogP contribution in [0.15, 0.2) is 17.1 Å². The molecule has 0 radical (unpaired) electrons. The third-order valence-corrected chi connectivity index (χ3v) is 4.92. The summed E-state index contributed by atoms with van der Waals surface area (Å²) in [5.41, 5.74) is -0.0683. The summed E-state index contributed by atoms with van der Waals surface area (Å²) in [5.74, 6) is 0.502. The van der Waals surface area contributed by atoms with E-state index in [0.29, 0.717) is 5.41 Å². The summed E-state index contributed by atoms with van der Waals surface area (Å²) >= 11 is 0. The highest BCUT2D eigenvalue weighted by atomic mass is 16.6. The first kappa shape index (κ1) is 16.2. The molecule has 1 aliphatic carbocycles. The number of rotatable bonds is 3. The summed E-state index contributed by atoms with van der Waals surface area (Å²) in [6, 6.07) is 1.31. The number of hydrogen-bond donors (Lipinski definition) is 0. The number of carbonyl (C=O) groups excluding carboxylic acids is 1. The lowest BCUT2D eigenvalue weighted by molar-refractivity contribution is -0.0224. The van der Waals surface area contributed by atoms with Gasteiger partial charge in [-0.1, -0.05) is 20.8 Å². The predicted octanol–water partition coefficient (Wildman–Crippen LogP) is 2.27. The van der Waals surface area contributed by atoms with Crippen molar-refractivity contribution in [1.82, 2.24) is 9.55 Å². The molecule has 1 fully saturated rings. The normalized spacial score (nSPS) is 27.6. The van der Waals surface area contributed by atoms with Crippen molar-refractivity contribution in [2.75, 3.05) is 6.61 Å². The molecule has 23 heavy (non-hydrogen) atoms. The van der Waals surface area contributed by atoms with Crippen molar-refractivity contribution in [3.63, 3.8) is 0 Å². The van der Waals surface area contributed by atoms with Crippen LogP contribution in [0.5, 0.6) is 6.01 Å². The smallest absolute Gasteiger partial charge is 0.307 e. The fourth-order valence-electron chi connectivity index (χ4n) is 3.40. The van der Waals surface area contributed by atoms with Crippen LogP contribution in [0, 0.1) is 11.3 Å². The zero-order valence-corrected chi connectivity index (χ0v) is 13.9. The summed E-state index contributed by atoms with van der Waals surface area (Å²) in [4.78, 5) is 27.1. The second-order valence-corrected chi connectivity index (χ2v) is 7.54. The zero-order valence-electron chi connectivity index (χ0n) is 13.9. The summed E-state index contributed by atoms with van der Waals surface area (Å²) in [5, 5.41) is 0. The molecule has 126 valence electrons. The van der Waals surface area contributed by atoms with Gasteiger partial charge in [0.1, 0.15) is 0 Å². The van der Waals surface area contributed by atoms with E-state index < -0.39 is 11.7 Å². The second-order valence-electron chi connectivity index (χ2n) is 7.54. The quantitative estimate of drug-likeness (QED) is 0.854. The van der Waals surface area contributed by atoms with Crippen LogP contribution in [-0.2, 0) is 4.74 Å². The molecule has 1 saturated carbocycles. The van der Waals surface area contributed by atoms with E-state index in [1.807, 2.05) is 0 Å². The molecule has 1 unspecified atom stereocenters. The van der Waals surface area contributed by atoms with Gasteiger partial charge in [0.25, 0.3) is 11.5 Å². The summed E-state index contributed by atoms with van der Waals surface area (Å²) in [6.07, 6.45) is 5.23. The minimum absolute atomic E-state index is 0.0625. The molecule has 0 aromatic carbocycles. The van der Waals surface area contributed by atoms with E-state index in [4.69, 9.17) is 9.47 Å².